The summed E-state index contributed by atoms with van der Waals surface area (Å²) < 4.78 is 6.58. The lowest BCUT2D eigenvalue weighted by Crippen LogP contribution is -2.33. The van der Waals surface area contributed by atoms with Crippen LogP contribution < -0.4 is 5.56 Å². The highest BCUT2D eigenvalue weighted by Gasteiger charge is 2.31. The van der Waals surface area contributed by atoms with Gasteiger partial charge < -0.3 is 9.84 Å². The summed E-state index contributed by atoms with van der Waals surface area (Å²) >= 11 is 3.08. The van der Waals surface area contributed by atoms with Crippen molar-refractivity contribution in [2.24, 2.45) is 0 Å². The molecule has 1 unspecified atom stereocenters. The molecule has 0 fully saturated rings. The molecule has 3 heterocycles. The first kappa shape index (κ1) is 16.2. The zero-order valence-electron chi connectivity index (χ0n) is 13.3. The molecule has 2 aromatic heterocycles. The molecule has 0 bridgehead atoms. The molecule has 6 nitrogen and oxygen atoms in total. The molecule has 128 valence electrons. The van der Waals surface area contributed by atoms with Crippen molar-refractivity contribution >= 4 is 40.0 Å². The molecule has 1 aliphatic heterocycles. The van der Waals surface area contributed by atoms with Crippen LogP contribution in [0.3, 0.4) is 0 Å². The van der Waals surface area contributed by atoms with Gasteiger partial charge in [-0.3, -0.25) is 14.3 Å². The predicted octanol–water partition coefficient (Wildman–Crippen LogP) is 3.04. The summed E-state index contributed by atoms with van der Waals surface area (Å²) in [7, 11) is 0. The number of hydrogen-bond donors (Lipinski definition) is 1. The van der Waals surface area contributed by atoms with Gasteiger partial charge in [-0.25, -0.2) is 4.79 Å². The fraction of sp³-hybridized carbons (Fsp3) is 0.235. The molecule has 8 heteroatoms. The highest BCUT2D eigenvalue weighted by molar-refractivity contribution is 7.99. The summed E-state index contributed by atoms with van der Waals surface area (Å²) in [6, 6.07) is 5.19. The van der Waals surface area contributed by atoms with Crippen LogP contribution in [-0.2, 0) is 4.74 Å². The van der Waals surface area contributed by atoms with Gasteiger partial charge in [0, 0.05) is 27.1 Å². The molecular formula is C17H14N2O4S2. The molecule has 0 saturated heterocycles. The number of ether oxygens (including phenoxy) is 1. The van der Waals surface area contributed by atoms with Crippen molar-refractivity contribution in [2.45, 2.75) is 17.9 Å². The third-order valence-electron chi connectivity index (χ3n) is 4.13. The van der Waals surface area contributed by atoms with Gasteiger partial charge in [0.15, 0.2) is 5.56 Å². The van der Waals surface area contributed by atoms with Gasteiger partial charge >= 0.3 is 5.97 Å². The van der Waals surface area contributed by atoms with Crippen LogP contribution in [0, 0.1) is 0 Å². The molecule has 0 radical (unpaired) electrons. The molecule has 0 saturated carbocycles. The lowest BCUT2D eigenvalue weighted by atomic mass is 10.1. The Morgan fingerprint density at radius 2 is 2.32 bits per heavy atom. The van der Waals surface area contributed by atoms with E-state index in [1.165, 1.54) is 11.3 Å². The lowest BCUT2D eigenvalue weighted by Gasteiger charge is -2.27. The fourth-order valence-electron chi connectivity index (χ4n) is 3.06. The maximum Gasteiger partial charge on any atom is 0.347 e. The van der Waals surface area contributed by atoms with E-state index in [9.17, 15) is 14.7 Å². The summed E-state index contributed by atoms with van der Waals surface area (Å²) in [4.78, 5) is 31.3. The average molecular weight is 374 g/mol. The van der Waals surface area contributed by atoms with Gasteiger partial charge in [0.05, 0.1) is 23.7 Å². The highest BCUT2D eigenvalue weighted by Crippen LogP contribution is 2.42. The monoisotopic (exact) mass is 374 g/mol. The number of esters is 1. The minimum atomic E-state index is -0.803. The summed E-state index contributed by atoms with van der Waals surface area (Å²) in [6.07, 6.45) is 1.74. The standard InChI is InChI=1S/C17H14N2O4S2/c1-2-23-17(22)13-15(20)9-4-3-5-11-14(9)19(16(13)21)10(7-24-11)12-6-18-8-25-12/h3-6,8,10,20H,2,7H2,1H3. The predicted molar refractivity (Wildman–Crippen MR) is 96.8 cm³/mol. The minimum Gasteiger partial charge on any atom is -0.506 e. The average Bonchev–Trinajstić information content (AvgIpc) is 3.14. The fourth-order valence-corrected chi connectivity index (χ4v) is 5.07. The first-order chi connectivity index (χ1) is 12.1. The van der Waals surface area contributed by atoms with Gasteiger partial charge in [0.25, 0.3) is 5.56 Å². The van der Waals surface area contributed by atoms with E-state index >= 15 is 0 Å². The molecule has 25 heavy (non-hydrogen) atoms. The maximum absolute atomic E-state index is 13.1. The quantitative estimate of drug-likeness (QED) is 0.710. The highest BCUT2D eigenvalue weighted by atomic mass is 32.2. The number of aromatic nitrogens is 2. The van der Waals surface area contributed by atoms with Gasteiger partial charge in [-0.15, -0.1) is 23.1 Å². The van der Waals surface area contributed by atoms with Crippen LogP contribution >= 0.6 is 23.1 Å². The number of carbonyl (C=O) groups excluding carboxylic acids is 1. The second kappa shape index (κ2) is 6.20. The van der Waals surface area contributed by atoms with Crippen LogP contribution in [0.1, 0.15) is 28.2 Å². The number of carbonyl (C=O) groups is 1. The molecule has 3 aromatic rings. The number of aromatic hydroxyl groups is 1. The SMILES string of the molecule is CCOC(=O)c1c(O)c2cccc3c2n(c1=O)C(c1cncs1)CS3. The number of benzene rings is 1. The lowest BCUT2D eigenvalue weighted by molar-refractivity contribution is 0.0520. The van der Waals surface area contributed by atoms with E-state index in [0.717, 1.165) is 9.77 Å². The van der Waals surface area contributed by atoms with Crippen LogP contribution in [0.5, 0.6) is 5.75 Å². The second-order valence-electron chi connectivity index (χ2n) is 5.50. The molecule has 0 amide bonds. The van der Waals surface area contributed by atoms with Crippen molar-refractivity contribution in [3.05, 3.63) is 50.7 Å². The summed E-state index contributed by atoms with van der Waals surface area (Å²) in [5.41, 5.74) is 1.52. The van der Waals surface area contributed by atoms with E-state index in [1.807, 2.05) is 6.07 Å². The molecule has 1 aliphatic rings. The van der Waals surface area contributed by atoms with Crippen molar-refractivity contribution in [3.63, 3.8) is 0 Å². The van der Waals surface area contributed by atoms with E-state index in [-0.39, 0.29) is 24.0 Å². The summed E-state index contributed by atoms with van der Waals surface area (Å²) in [6.45, 7) is 1.79. The number of pyridine rings is 1. The van der Waals surface area contributed by atoms with Crippen molar-refractivity contribution in [3.8, 4) is 5.75 Å². The third-order valence-corrected chi connectivity index (χ3v) is 6.13. The van der Waals surface area contributed by atoms with Crippen LogP contribution in [0.25, 0.3) is 10.9 Å². The first-order valence-electron chi connectivity index (χ1n) is 7.72. The van der Waals surface area contributed by atoms with E-state index < -0.39 is 11.5 Å². The van der Waals surface area contributed by atoms with E-state index in [1.54, 1.807) is 47.1 Å². The Kier molecular flexibility index (Phi) is 4.01. The number of nitrogens with zero attached hydrogens (tertiary/aromatic N) is 2. The number of para-hydroxylation sites is 1. The van der Waals surface area contributed by atoms with Crippen molar-refractivity contribution in [1.29, 1.82) is 0 Å². The van der Waals surface area contributed by atoms with Crippen LogP contribution in [-0.4, -0.2) is 33.0 Å². The minimum absolute atomic E-state index is 0.129. The van der Waals surface area contributed by atoms with Crippen molar-refractivity contribution in [1.82, 2.24) is 9.55 Å². The Bertz CT molecular complexity index is 1030. The molecule has 0 aliphatic carbocycles. The summed E-state index contributed by atoms with van der Waals surface area (Å²) in [5, 5.41) is 11.1. The second-order valence-corrected chi connectivity index (χ2v) is 7.48. The summed E-state index contributed by atoms with van der Waals surface area (Å²) in [5.74, 6) is -0.467. The van der Waals surface area contributed by atoms with Gasteiger partial charge in [0.2, 0.25) is 0 Å². The van der Waals surface area contributed by atoms with Gasteiger partial charge in [-0.05, 0) is 19.1 Å². The number of hydrogen-bond acceptors (Lipinski definition) is 7. The van der Waals surface area contributed by atoms with Gasteiger partial charge in [-0.2, -0.15) is 0 Å². The van der Waals surface area contributed by atoms with Gasteiger partial charge in [0.1, 0.15) is 5.75 Å². The zero-order chi connectivity index (χ0) is 17.6. The number of thioether (sulfide) groups is 1. The van der Waals surface area contributed by atoms with Gasteiger partial charge in [-0.1, -0.05) is 6.07 Å². The Balaban J connectivity index is 2.09. The van der Waals surface area contributed by atoms with Crippen LogP contribution in [0.15, 0.2) is 39.6 Å². The Morgan fingerprint density at radius 3 is 3.04 bits per heavy atom. The topological polar surface area (TPSA) is 81.4 Å². The Morgan fingerprint density at radius 1 is 1.48 bits per heavy atom. The molecular weight excluding hydrogens is 360 g/mol. The van der Waals surface area contributed by atoms with Crippen LogP contribution in [0.2, 0.25) is 0 Å². The Labute approximate surface area is 151 Å². The van der Waals surface area contributed by atoms with E-state index in [0.29, 0.717) is 16.7 Å². The molecule has 1 N–H and O–H groups in total. The third kappa shape index (κ3) is 2.44. The van der Waals surface area contributed by atoms with E-state index in [2.05, 4.69) is 4.98 Å². The zero-order valence-corrected chi connectivity index (χ0v) is 14.9. The normalized spacial score (nSPS) is 16.1. The smallest absolute Gasteiger partial charge is 0.347 e. The first-order valence-corrected chi connectivity index (χ1v) is 9.58. The Hall–Kier alpha value is -2.32. The maximum atomic E-state index is 13.1. The molecule has 1 atom stereocenters. The molecule has 1 aromatic carbocycles. The van der Waals surface area contributed by atoms with Crippen molar-refractivity contribution < 1.29 is 14.6 Å². The van der Waals surface area contributed by atoms with E-state index in [4.69, 9.17) is 4.74 Å². The number of thiazole rings is 1. The largest absolute Gasteiger partial charge is 0.506 e. The number of rotatable bonds is 3. The molecule has 4 rings (SSSR count). The van der Waals surface area contributed by atoms with Crippen molar-refractivity contribution in [2.75, 3.05) is 12.4 Å². The van der Waals surface area contributed by atoms with Crippen LogP contribution in [0.4, 0.5) is 0 Å². The molecule has 0 spiro atoms.